The van der Waals surface area contributed by atoms with Crippen LogP contribution in [0.5, 0.6) is 11.5 Å². The lowest BCUT2D eigenvalue weighted by Gasteiger charge is -2.26. The Bertz CT molecular complexity index is 1320. The Balaban J connectivity index is 1.91. The maximum Gasteiger partial charge on any atom is 0.416 e. The van der Waals surface area contributed by atoms with Crippen molar-refractivity contribution in [1.29, 1.82) is 0 Å². The molecule has 0 aliphatic carbocycles. The molecule has 3 aromatic rings. The molecular weight excluding hydrogens is 463 g/mol. The molecule has 1 heterocycles. The zero-order chi connectivity index (χ0) is 25.3. The van der Waals surface area contributed by atoms with Gasteiger partial charge < -0.3 is 14.9 Å². The highest BCUT2D eigenvalue weighted by molar-refractivity contribution is 6.51. The van der Waals surface area contributed by atoms with Crippen molar-refractivity contribution in [2.45, 2.75) is 19.1 Å². The van der Waals surface area contributed by atoms with Crippen molar-refractivity contribution < 1.29 is 37.7 Å². The molecule has 0 spiro atoms. The summed E-state index contributed by atoms with van der Waals surface area (Å²) in [7, 11) is 0. The average molecular weight is 483 g/mol. The van der Waals surface area contributed by atoms with Gasteiger partial charge in [-0.2, -0.15) is 13.2 Å². The van der Waals surface area contributed by atoms with Crippen LogP contribution in [0.15, 0.2) is 78.4 Å². The Morgan fingerprint density at radius 1 is 1.00 bits per heavy atom. The molecule has 9 heteroatoms. The lowest BCUT2D eigenvalue weighted by molar-refractivity contribution is -0.137. The van der Waals surface area contributed by atoms with E-state index in [0.717, 1.165) is 23.1 Å². The number of rotatable bonds is 5. The number of aromatic hydroxyl groups is 1. The summed E-state index contributed by atoms with van der Waals surface area (Å²) >= 11 is 0. The number of phenolic OH excluding ortho intramolecular Hbond substituents is 1. The van der Waals surface area contributed by atoms with Crippen molar-refractivity contribution in [1.82, 2.24) is 0 Å². The summed E-state index contributed by atoms with van der Waals surface area (Å²) in [5.74, 6) is -2.34. The van der Waals surface area contributed by atoms with Crippen LogP contribution < -0.4 is 9.64 Å². The number of anilines is 1. The molecular formula is C26H20F3NO5. The number of halogens is 3. The Morgan fingerprint density at radius 2 is 1.69 bits per heavy atom. The fourth-order valence-electron chi connectivity index (χ4n) is 3.97. The number of hydrogen-bond acceptors (Lipinski definition) is 5. The number of alkyl halides is 3. The van der Waals surface area contributed by atoms with E-state index >= 15 is 0 Å². The number of ketones is 1. The molecule has 180 valence electrons. The number of nitrogens with zero attached hydrogens (tertiary/aromatic N) is 1. The maximum atomic E-state index is 13.4. The van der Waals surface area contributed by atoms with Crippen molar-refractivity contribution >= 4 is 23.1 Å². The van der Waals surface area contributed by atoms with E-state index < -0.39 is 35.2 Å². The Morgan fingerprint density at radius 3 is 2.31 bits per heavy atom. The summed E-state index contributed by atoms with van der Waals surface area (Å²) in [5, 5.41) is 21.1. The molecule has 0 radical (unpaired) electrons. The maximum absolute atomic E-state index is 13.4. The van der Waals surface area contributed by atoms with Crippen molar-refractivity contribution in [3.8, 4) is 11.5 Å². The Labute approximate surface area is 198 Å². The van der Waals surface area contributed by atoms with Gasteiger partial charge in [0.15, 0.2) is 0 Å². The second-order valence-electron chi connectivity index (χ2n) is 7.77. The Kier molecular flexibility index (Phi) is 6.26. The van der Waals surface area contributed by atoms with Gasteiger partial charge in [0.1, 0.15) is 17.3 Å². The number of aliphatic hydroxyl groups is 1. The molecule has 6 nitrogen and oxygen atoms in total. The molecule has 0 bridgehead atoms. The minimum atomic E-state index is -4.67. The van der Waals surface area contributed by atoms with Crippen molar-refractivity contribution in [2.75, 3.05) is 11.5 Å². The van der Waals surface area contributed by atoms with Crippen molar-refractivity contribution in [3.63, 3.8) is 0 Å². The third-order valence-electron chi connectivity index (χ3n) is 5.52. The SMILES string of the molecule is CCOc1ccc(/C(O)=C2\C(=O)C(=O)N(c3cccc(C(F)(F)F)c3)C2c2cccc(O)c2)cc1. The number of phenols is 1. The van der Waals surface area contributed by atoms with Gasteiger partial charge in [-0.3, -0.25) is 14.5 Å². The van der Waals surface area contributed by atoms with Gasteiger partial charge in [0.05, 0.1) is 23.8 Å². The molecule has 1 aliphatic heterocycles. The second kappa shape index (κ2) is 9.17. The zero-order valence-electron chi connectivity index (χ0n) is 18.4. The van der Waals surface area contributed by atoms with E-state index in [2.05, 4.69) is 0 Å². The highest BCUT2D eigenvalue weighted by Gasteiger charge is 2.47. The van der Waals surface area contributed by atoms with E-state index in [9.17, 15) is 33.0 Å². The van der Waals surface area contributed by atoms with Gasteiger partial charge in [-0.25, -0.2) is 0 Å². The van der Waals surface area contributed by atoms with E-state index in [1.54, 1.807) is 19.1 Å². The Hall–Kier alpha value is -4.27. The van der Waals surface area contributed by atoms with Gasteiger partial charge in [-0.05, 0) is 67.1 Å². The van der Waals surface area contributed by atoms with Crippen molar-refractivity contribution in [2.24, 2.45) is 0 Å². The van der Waals surface area contributed by atoms with Gasteiger partial charge >= 0.3 is 6.18 Å². The smallest absolute Gasteiger partial charge is 0.416 e. The van der Waals surface area contributed by atoms with Gasteiger partial charge in [0.2, 0.25) is 0 Å². The van der Waals surface area contributed by atoms with E-state index in [1.165, 1.54) is 42.5 Å². The van der Waals surface area contributed by atoms with Crippen LogP contribution in [0.25, 0.3) is 5.76 Å². The normalized spacial score (nSPS) is 17.6. The lowest BCUT2D eigenvalue weighted by Crippen LogP contribution is -2.29. The van der Waals surface area contributed by atoms with Crippen LogP contribution in [0.4, 0.5) is 18.9 Å². The first-order valence-electron chi connectivity index (χ1n) is 10.6. The number of amides is 1. The third-order valence-corrected chi connectivity index (χ3v) is 5.52. The van der Waals surface area contributed by atoms with Crippen LogP contribution in [0, 0.1) is 0 Å². The first-order valence-corrected chi connectivity index (χ1v) is 10.6. The minimum Gasteiger partial charge on any atom is -0.508 e. The topological polar surface area (TPSA) is 87.1 Å². The summed E-state index contributed by atoms with van der Waals surface area (Å²) in [4.78, 5) is 27.1. The molecule has 3 aromatic carbocycles. The molecule has 4 rings (SSSR count). The summed E-state index contributed by atoms with van der Waals surface area (Å²) in [5.41, 5.74) is -1.06. The molecule has 1 amide bonds. The highest BCUT2D eigenvalue weighted by Crippen LogP contribution is 2.44. The van der Waals surface area contributed by atoms with Gasteiger partial charge in [-0.15, -0.1) is 0 Å². The van der Waals surface area contributed by atoms with Crippen LogP contribution in [-0.2, 0) is 15.8 Å². The summed E-state index contributed by atoms with van der Waals surface area (Å²) in [6.45, 7) is 2.23. The molecule has 1 saturated heterocycles. The number of ether oxygens (including phenoxy) is 1. The first kappa shape index (κ1) is 23.9. The molecule has 1 aliphatic rings. The predicted octanol–water partition coefficient (Wildman–Crippen LogP) is 5.44. The molecule has 1 atom stereocenters. The zero-order valence-corrected chi connectivity index (χ0v) is 18.4. The standard InChI is InChI=1S/C26H20F3NO5/c1-2-35-20-11-9-15(10-12-20)23(32)21-22(16-5-3-8-19(31)13-16)30(25(34)24(21)33)18-7-4-6-17(14-18)26(27,28)29/h3-14,22,31-32H,2H2,1H3/b23-21+. The minimum absolute atomic E-state index is 0.180. The average Bonchev–Trinajstić information content (AvgIpc) is 3.09. The highest BCUT2D eigenvalue weighted by atomic mass is 19.4. The largest absolute Gasteiger partial charge is 0.508 e. The summed E-state index contributed by atoms with van der Waals surface area (Å²) in [6.07, 6.45) is -4.67. The predicted molar refractivity (Wildman–Crippen MR) is 122 cm³/mol. The van der Waals surface area contributed by atoms with Gasteiger partial charge in [-0.1, -0.05) is 18.2 Å². The molecule has 0 saturated carbocycles. The number of carbonyl (C=O) groups is 2. The molecule has 1 fully saturated rings. The van der Waals surface area contributed by atoms with Gasteiger partial charge in [0.25, 0.3) is 11.7 Å². The third kappa shape index (κ3) is 4.57. The van der Waals surface area contributed by atoms with Crippen LogP contribution in [-0.4, -0.2) is 28.5 Å². The van der Waals surface area contributed by atoms with Gasteiger partial charge in [0, 0.05) is 11.3 Å². The number of hydrogen-bond donors (Lipinski definition) is 2. The van der Waals surface area contributed by atoms with Crippen LogP contribution in [0.1, 0.15) is 29.7 Å². The number of Topliss-reactive ketones (excluding diaryl/α,β-unsaturated/α-hetero) is 1. The summed E-state index contributed by atoms with van der Waals surface area (Å²) < 4.78 is 45.4. The van der Waals surface area contributed by atoms with Crippen LogP contribution in [0.2, 0.25) is 0 Å². The van der Waals surface area contributed by atoms with E-state index in [4.69, 9.17) is 4.74 Å². The van der Waals surface area contributed by atoms with E-state index in [1.807, 2.05) is 0 Å². The molecule has 2 N–H and O–H groups in total. The fraction of sp³-hybridized carbons (Fsp3) is 0.154. The van der Waals surface area contributed by atoms with E-state index in [0.29, 0.717) is 12.4 Å². The molecule has 0 aromatic heterocycles. The van der Waals surface area contributed by atoms with E-state index in [-0.39, 0.29) is 28.1 Å². The van der Waals surface area contributed by atoms with Crippen LogP contribution >= 0.6 is 0 Å². The fourth-order valence-corrected chi connectivity index (χ4v) is 3.97. The molecule has 1 unspecified atom stereocenters. The monoisotopic (exact) mass is 483 g/mol. The quantitative estimate of drug-likeness (QED) is 0.287. The summed E-state index contributed by atoms with van der Waals surface area (Å²) in [6, 6.07) is 14.5. The van der Waals surface area contributed by atoms with Crippen LogP contribution in [0.3, 0.4) is 0 Å². The molecule has 35 heavy (non-hydrogen) atoms. The number of carbonyl (C=O) groups excluding carboxylic acids is 2. The number of benzene rings is 3. The van der Waals surface area contributed by atoms with Crippen molar-refractivity contribution in [3.05, 3.63) is 95.1 Å². The second-order valence-corrected chi connectivity index (χ2v) is 7.77. The first-order chi connectivity index (χ1) is 16.6. The lowest BCUT2D eigenvalue weighted by atomic mass is 9.95. The number of aliphatic hydroxyl groups excluding tert-OH is 1.